The molecule has 110 valence electrons. The number of hydrogen-bond donors (Lipinski definition) is 1. The number of rotatable bonds is 2. The monoisotopic (exact) mass is 287 g/mol. The van der Waals surface area contributed by atoms with Gasteiger partial charge in [0.15, 0.2) is 5.75 Å². The largest absolute Gasteiger partial charge is 0.478 e. The van der Waals surface area contributed by atoms with Crippen molar-refractivity contribution in [1.82, 2.24) is 4.98 Å². The van der Waals surface area contributed by atoms with E-state index in [0.717, 1.165) is 11.1 Å². The van der Waals surface area contributed by atoms with E-state index in [4.69, 9.17) is 4.74 Å². The van der Waals surface area contributed by atoms with Gasteiger partial charge in [0.05, 0.1) is 5.41 Å². The summed E-state index contributed by atoms with van der Waals surface area (Å²) in [6, 6.07) is 6.71. The van der Waals surface area contributed by atoms with Crippen molar-refractivity contribution in [2.45, 2.75) is 27.7 Å². The number of carboxylic acid groups (broad SMARTS) is 1. The number of hydrogen-bond acceptors (Lipinski definition) is 4. The van der Waals surface area contributed by atoms with E-state index in [9.17, 15) is 14.7 Å². The molecule has 0 fully saturated rings. The Bertz CT molecular complexity index is 729. The maximum atomic E-state index is 12.1. The van der Waals surface area contributed by atoms with Gasteiger partial charge in [-0.15, -0.1) is 0 Å². The Morgan fingerprint density at radius 2 is 1.76 bits per heavy atom. The van der Waals surface area contributed by atoms with Crippen LogP contribution < -0.4 is 4.74 Å². The highest BCUT2D eigenvalue weighted by molar-refractivity contribution is 6.00. The molecule has 2 rings (SSSR count). The van der Waals surface area contributed by atoms with Crippen LogP contribution in [0.25, 0.3) is 10.9 Å². The van der Waals surface area contributed by atoms with Gasteiger partial charge in [0, 0.05) is 11.1 Å². The molecule has 1 aromatic heterocycles. The second-order valence-corrected chi connectivity index (χ2v) is 5.91. The van der Waals surface area contributed by atoms with Crippen LogP contribution in [0.15, 0.2) is 24.3 Å². The number of nitrogens with zero attached hydrogens (tertiary/aromatic N) is 1. The quantitative estimate of drug-likeness (QED) is 0.678. The minimum absolute atomic E-state index is 0.00336. The second kappa shape index (κ2) is 5.16. The molecule has 21 heavy (non-hydrogen) atoms. The van der Waals surface area contributed by atoms with Crippen LogP contribution in [0, 0.1) is 12.3 Å². The fourth-order valence-electron chi connectivity index (χ4n) is 1.78. The predicted octanol–water partition coefficient (Wildman–Crippen LogP) is 3.19. The smallest absolute Gasteiger partial charge is 0.339 e. The number of ether oxygens (including phenoxy) is 1. The number of aryl methyl sites for hydroxylation is 1. The molecule has 0 aliphatic rings. The van der Waals surface area contributed by atoms with Gasteiger partial charge in [-0.2, -0.15) is 0 Å². The lowest BCUT2D eigenvalue weighted by atomic mass is 9.97. The fourth-order valence-corrected chi connectivity index (χ4v) is 1.78. The van der Waals surface area contributed by atoms with Gasteiger partial charge in [0.25, 0.3) is 0 Å². The van der Waals surface area contributed by atoms with Crippen molar-refractivity contribution >= 4 is 22.8 Å². The number of esters is 1. The Kier molecular flexibility index (Phi) is 3.68. The zero-order chi connectivity index (χ0) is 15.8. The second-order valence-electron chi connectivity index (χ2n) is 5.91. The van der Waals surface area contributed by atoms with Gasteiger partial charge in [0.1, 0.15) is 11.1 Å². The van der Waals surface area contributed by atoms with Crippen LogP contribution in [0.2, 0.25) is 0 Å². The number of aromatic carboxylic acids is 1. The van der Waals surface area contributed by atoms with Crippen molar-refractivity contribution in [3.63, 3.8) is 0 Å². The molecule has 0 aliphatic heterocycles. The van der Waals surface area contributed by atoms with Crippen LogP contribution in [-0.2, 0) is 4.79 Å². The van der Waals surface area contributed by atoms with E-state index in [1.807, 2.05) is 12.1 Å². The normalized spacial score (nSPS) is 11.4. The molecule has 0 radical (unpaired) electrons. The van der Waals surface area contributed by atoms with E-state index in [2.05, 4.69) is 4.98 Å². The highest BCUT2D eigenvalue weighted by Gasteiger charge is 2.27. The summed E-state index contributed by atoms with van der Waals surface area (Å²) in [7, 11) is 0. The third-order valence-corrected chi connectivity index (χ3v) is 2.99. The van der Waals surface area contributed by atoms with Crippen LogP contribution in [0.3, 0.4) is 0 Å². The molecule has 0 atom stereocenters. The summed E-state index contributed by atoms with van der Waals surface area (Å²) < 4.78 is 5.36. The molecular weight excluding hydrogens is 270 g/mol. The van der Waals surface area contributed by atoms with E-state index in [0.29, 0.717) is 5.52 Å². The lowest BCUT2D eigenvalue weighted by molar-refractivity contribution is -0.142. The summed E-state index contributed by atoms with van der Waals surface area (Å²) >= 11 is 0. The van der Waals surface area contributed by atoms with E-state index in [-0.39, 0.29) is 11.3 Å². The predicted molar refractivity (Wildman–Crippen MR) is 78.5 cm³/mol. The first-order valence-corrected chi connectivity index (χ1v) is 6.56. The maximum Gasteiger partial charge on any atom is 0.339 e. The van der Waals surface area contributed by atoms with E-state index < -0.39 is 17.4 Å². The number of pyridine rings is 1. The van der Waals surface area contributed by atoms with Gasteiger partial charge in [-0.3, -0.25) is 4.79 Å². The molecule has 1 N–H and O–H groups in total. The van der Waals surface area contributed by atoms with Crippen molar-refractivity contribution in [1.29, 1.82) is 0 Å². The van der Waals surface area contributed by atoms with Crippen LogP contribution in [0.1, 0.15) is 36.8 Å². The molecule has 5 heteroatoms. The van der Waals surface area contributed by atoms with Crippen molar-refractivity contribution in [2.75, 3.05) is 0 Å². The van der Waals surface area contributed by atoms with Gasteiger partial charge in [-0.25, -0.2) is 9.78 Å². The zero-order valence-corrected chi connectivity index (χ0v) is 12.4. The standard InChI is InChI=1S/C16H17NO4/c1-9-5-6-10-7-8-11(14(18)19)13(12(10)17-9)21-15(20)16(2,3)4/h5-8H,1-4H3,(H,18,19). The number of carboxylic acids is 1. The highest BCUT2D eigenvalue weighted by atomic mass is 16.5. The maximum absolute atomic E-state index is 12.1. The minimum atomic E-state index is -1.16. The topological polar surface area (TPSA) is 76.5 Å². The summed E-state index contributed by atoms with van der Waals surface area (Å²) in [6.45, 7) is 6.92. The average Bonchev–Trinajstić information content (AvgIpc) is 2.37. The molecule has 0 unspecified atom stereocenters. The Morgan fingerprint density at radius 1 is 1.14 bits per heavy atom. The van der Waals surface area contributed by atoms with Gasteiger partial charge >= 0.3 is 11.9 Å². The zero-order valence-electron chi connectivity index (χ0n) is 12.4. The fraction of sp³-hybridized carbons (Fsp3) is 0.312. The molecular formula is C16H17NO4. The van der Waals surface area contributed by atoms with Crippen molar-refractivity contribution in [3.05, 3.63) is 35.5 Å². The van der Waals surface area contributed by atoms with Gasteiger partial charge < -0.3 is 9.84 Å². The first-order chi connectivity index (χ1) is 9.70. The summed E-state index contributed by atoms with van der Waals surface area (Å²) in [5.41, 5.74) is 0.297. The van der Waals surface area contributed by atoms with E-state index in [1.54, 1.807) is 33.8 Å². The van der Waals surface area contributed by atoms with Gasteiger partial charge in [-0.05, 0) is 39.8 Å². The first-order valence-electron chi connectivity index (χ1n) is 6.56. The third-order valence-electron chi connectivity index (χ3n) is 2.99. The van der Waals surface area contributed by atoms with E-state index >= 15 is 0 Å². The van der Waals surface area contributed by atoms with Crippen LogP contribution >= 0.6 is 0 Å². The van der Waals surface area contributed by atoms with Crippen molar-refractivity contribution in [2.24, 2.45) is 5.41 Å². The summed E-state index contributed by atoms with van der Waals surface area (Å²) in [6.07, 6.45) is 0. The SMILES string of the molecule is Cc1ccc2ccc(C(=O)O)c(OC(=O)C(C)(C)C)c2n1. The van der Waals surface area contributed by atoms with Gasteiger partial charge in [-0.1, -0.05) is 12.1 Å². The third kappa shape index (κ3) is 3.02. The highest BCUT2D eigenvalue weighted by Crippen LogP contribution is 2.31. The van der Waals surface area contributed by atoms with Gasteiger partial charge in [0.2, 0.25) is 0 Å². The molecule has 2 aromatic rings. The molecule has 1 heterocycles. The Balaban J connectivity index is 2.67. The molecule has 0 bridgehead atoms. The summed E-state index contributed by atoms with van der Waals surface area (Å²) in [5, 5.41) is 10.0. The Morgan fingerprint density at radius 3 is 2.33 bits per heavy atom. The summed E-state index contributed by atoms with van der Waals surface area (Å²) in [4.78, 5) is 27.8. The Labute approximate surface area is 122 Å². The van der Waals surface area contributed by atoms with Crippen LogP contribution in [-0.4, -0.2) is 22.0 Å². The lowest BCUT2D eigenvalue weighted by Crippen LogP contribution is -2.26. The lowest BCUT2D eigenvalue weighted by Gasteiger charge is -2.18. The average molecular weight is 287 g/mol. The number of carbonyl (C=O) groups excluding carboxylic acids is 1. The summed E-state index contributed by atoms with van der Waals surface area (Å²) in [5.74, 6) is -1.65. The molecule has 0 aliphatic carbocycles. The minimum Gasteiger partial charge on any atom is -0.478 e. The first kappa shape index (κ1) is 15.0. The number of aromatic nitrogens is 1. The van der Waals surface area contributed by atoms with Crippen LogP contribution in [0.5, 0.6) is 5.75 Å². The molecule has 1 aromatic carbocycles. The molecule has 0 saturated heterocycles. The van der Waals surface area contributed by atoms with E-state index in [1.165, 1.54) is 6.07 Å². The Hall–Kier alpha value is -2.43. The van der Waals surface area contributed by atoms with Crippen molar-refractivity contribution in [3.8, 4) is 5.75 Å². The van der Waals surface area contributed by atoms with Crippen molar-refractivity contribution < 1.29 is 19.4 Å². The molecule has 5 nitrogen and oxygen atoms in total. The molecule has 0 saturated carbocycles. The van der Waals surface area contributed by atoms with Crippen LogP contribution in [0.4, 0.5) is 0 Å². The molecule has 0 amide bonds. The number of fused-ring (bicyclic) bond motifs is 1. The number of carbonyl (C=O) groups is 2. The molecule has 0 spiro atoms. The number of benzene rings is 1.